The van der Waals surface area contributed by atoms with Crippen LogP contribution in [0.15, 0.2) is 48.8 Å². The van der Waals surface area contributed by atoms with E-state index in [-0.39, 0.29) is 5.75 Å². The van der Waals surface area contributed by atoms with Gasteiger partial charge in [-0.15, -0.1) is 11.3 Å². The van der Waals surface area contributed by atoms with Crippen LogP contribution in [0.3, 0.4) is 0 Å². The fourth-order valence-electron chi connectivity index (χ4n) is 2.53. The molecular formula is C16H12N2OS. The first-order valence-corrected chi connectivity index (χ1v) is 7.21. The van der Waals surface area contributed by atoms with Crippen LogP contribution in [0.4, 0.5) is 0 Å². The molecule has 4 aromatic rings. The number of hydrogen-bond acceptors (Lipinski definition) is 3. The molecule has 0 aliphatic heterocycles. The molecule has 1 aromatic carbocycles. The summed E-state index contributed by atoms with van der Waals surface area (Å²) in [5.41, 5.74) is 2.75. The van der Waals surface area contributed by atoms with Gasteiger partial charge < -0.3 is 9.51 Å². The van der Waals surface area contributed by atoms with E-state index in [0.717, 1.165) is 10.6 Å². The molecule has 0 fully saturated rings. The molecule has 0 aliphatic carbocycles. The Morgan fingerprint density at radius 1 is 1.15 bits per heavy atom. The van der Waals surface area contributed by atoms with Crippen LogP contribution >= 0.6 is 11.3 Å². The Morgan fingerprint density at radius 2 is 2.00 bits per heavy atom. The molecule has 3 aromatic heterocycles. The largest absolute Gasteiger partial charge is 0.504 e. The van der Waals surface area contributed by atoms with E-state index >= 15 is 0 Å². The molecule has 4 heteroatoms. The second-order valence-electron chi connectivity index (χ2n) is 4.80. The Bertz CT molecular complexity index is 936. The van der Waals surface area contributed by atoms with Gasteiger partial charge in [-0.2, -0.15) is 0 Å². The van der Waals surface area contributed by atoms with E-state index in [1.165, 1.54) is 15.6 Å². The zero-order chi connectivity index (χ0) is 13.7. The van der Waals surface area contributed by atoms with E-state index in [9.17, 15) is 5.11 Å². The molecule has 0 spiro atoms. The Morgan fingerprint density at radius 3 is 2.80 bits per heavy atom. The van der Waals surface area contributed by atoms with Crippen molar-refractivity contribution in [2.24, 2.45) is 0 Å². The van der Waals surface area contributed by atoms with E-state index < -0.39 is 0 Å². The normalized spacial score (nSPS) is 11.4. The Kier molecular flexibility index (Phi) is 2.35. The van der Waals surface area contributed by atoms with Crippen LogP contribution < -0.4 is 0 Å². The maximum atomic E-state index is 9.86. The summed E-state index contributed by atoms with van der Waals surface area (Å²) in [6, 6.07) is 11.8. The van der Waals surface area contributed by atoms with Crippen LogP contribution in [0.25, 0.3) is 26.3 Å². The fraction of sp³-hybridized carbons (Fsp3) is 0.0625. The van der Waals surface area contributed by atoms with E-state index in [2.05, 4.69) is 36.2 Å². The molecule has 20 heavy (non-hydrogen) atoms. The smallest absolute Gasteiger partial charge is 0.180 e. The third-order valence-corrected chi connectivity index (χ3v) is 4.83. The standard InChI is InChI=1S/C16H12N2OS/c1-10-11-5-2-3-7-14(11)20-15(10)12-9-18-8-4-6-13(19)16(18)17-12/h2-9,19H,1H3. The molecule has 0 saturated carbocycles. The predicted molar refractivity (Wildman–Crippen MR) is 82.4 cm³/mol. The van der Waals surface area contributed by atoms with Gasteiger partial charge in [0.2, 0.25) is 0 Å². The molecular weight excluding hydrogens is 268 g/mol. The van der Waals surface area contributed by atoms with E-state index in [1.807, 2.05) is 22.9 Å². The molecule has 0 unspecified atom stereocenters. The van der Waals surface area contributed by atoms with Crippen LogP contribution in [-0.4, -0.2) is 14.5 Å². The molecule has 0 aliphatic rings. The highest BCUT2D eigenvalue weighted by atomic mass is 32.1. The summed E-state index contributed by atoms with van der Waals surface area (Å²) in [5, 5.41) is 11.1. The van der Waals surface area contributed by atoms with Gasteiger partial charge in [0, 0.05) is 17.1 Å². The summed E-state index contributed by atoms with van der Waals surface area (Å²) in [6.07, 6.45) is 3.86. The number of fused-ring (bicyclic) bond motifs is 2. The van der Waals surface area contributed by atoms with Crippen molar-refractivity contribution in [3.05, 3.63) is 54.4 Å². The number of thiophene rings is 1. The van der Waals surface area contributed by atoms with Gasteiger partial charge in [0.1, 0.15) is 0 Å². The lowest BCUT2D eigenvalue weighted by molar-refractivity contribution is 0.477. The van der Waals surface area contributed by atoms with Gasteiger partial charge >= 0.3 is 0 Å². The van der Waals surface area contributed by atoms with Crippen LogP contribution in [0.5, 0.6) is 5.75 Å². The summed E-state index contributed by atoms with van der Waals surface area (Å²) in [6.45, 7) is 2.12. The molecule has 1 N–H and O–H groups in total. The zero-order valence-electron chi connectivity index (χ0n) is 10.9. The van der Waals surface area contributed by atoms with Gasteiger partial charge in [0.15, 0.2) is 11.4 Å². The Hall–Kier alpha value is -2.33. The first-order chi connectivity index (χ1) is 9.74. The number of rotatable bonds is 1. The number of nitrogens with zero attached hydrogens (tertiary/aromatic N) is 2. The molecule has 4 rings (SSSR count). The number of hydrogen-bond donors (Lipinski definition) is 1. The number of pyridine rings is 1. The van der Waals surface area contributed by atoms with E-state index in [0.29, 0.717) is 5.65 Å². The Labute approximate surface area is 119 Å². The third-order valence-electron chi connectivity index (χ3n) is 3.54. The highest BCUT2D eigenvalue weighted by molar-refractivity contribution is 7.22. The fourth-order valence-corrected chi connectivity index (χ4v) is 3.69. The van der Waals surface area contributed by atoms with Gasteiger partial charge in [-0.05, 0) is 36.1 Å². The van der Waals surface area contributed by atoms with Crippen molar-refractivity contribution in [1.29, 1.82) is 0 Å². The summed E-state index contributed by atoms with van der Waals surface area (Å²) >= 11 is 1.74. The maximum absolute atomic E-state index is 9.86. The number of benzene rings is 1. The molecule has 0 amide bonds. The van der Waals surface area contributed by atoms with Crippen LogP contribution in [0.1, 0.15) is 5.56 Å². The van der Waals surface area contributed by atoms with Crippen molar-refractivity contribution < 1.29 is 5.11 Å². The van der Waals surface area contributed by atoms with Gasteiger partial charge in [-0.3, -0.25) is 0 Å². The van der Waals surface area contributed by atoms with E-state index in [1.54, 1.807) is 17.4 Å². The highest BCUT2D eigenvalue weighted by Crippen LogP contribution is 2.37. The van der Waals surface area contributed by atoms with Crippen LogP contribution in [0, 0.1) is 6.92 Å². The van der Waals surface area contributed by atoms with Crippen molar-refractivity contribution in [1.82, 2.24) is 9.38 Å². The summed E-state index contributed by atoms with van der Waals surface area (Å²) in [5.74, 6) is 0.206. The predicted octanol–water partition coefficient (Wildman–Crippen LogP) is 4.23. The monoisotopic (exact) mass is 280 g/mol. The lowest BCUT2D eigenvalue weighted by atomic mass is 10.1. The number of aromatic nitrogens is 2. The average Bonchev–Trinajstić information content (AvgIpc) is 3.02. The van der Waals surface area contributed by atoms with Crippen molar-refractivity contribution in [3.8, 4) is 16.3 Å². The van der Waals surface area contributed by atoms with Gasteiger partial charge in [-0.1, -0.05) is 18.2 Å². The first-order valence-electron chi connectivity index (χ1n) is 6.39. The summed E-state index contributed by atoms with van der Waals surface area (Å²) in [7, 11) is 0. The molecule has 0 saturated heterocycles. The van der Waals surface area contributed by atoms with Crippen LogP contribution in [0.2, 0.25) is 0 Å². The summed E-state index contributed by atoms with van der Waals surface area (Å²) in [4.78, 5) is 5.72. The summed E-state index contributed by atoms with van der Waals surface area (Å²) < 4.78 is 3.12. The van der Waals surface area contributed by atoms with Crippen molar-refractivity contribution in [2.45, 2.75) is 6.92 Å². The minimum Gasteiger partial charge on any atom is -0.504 e. The number of imidazole rings is 1. The van der Waals surface area contributed by atoms with Crippen LogP contribution in [-0.2, 0) is 0 Å². The van der Waals surface area contributed by atoms with E-state index in [4.69, 9.17) is 0 Å². The maximum Gasteiger partial charge on any atom is 0.180 e. The number of aromatic hydroxyl groups is 1. The zero-order valence-corrected chi connectivity index (χ0v) is 11.7. The third kappa shape index (κ3) is 1.55. The first kappa shape index (κ1) is 11.5. The molecule has 0 atom stereocenters. The quantitative estimate of drug-likeness (QED) is 0.566. The molecule has 0 radical (unpaired) electrons. The molecule has 0 bridgehead atoms. The minimum atomic E-state index is 0.206. The molecule has 3 nitrogen and oxygen atoms in total. The van der Waals surface area contributed by atoms with Crippen molar-refractivity contribution in [3.63, 3.8) is 0 Å². The van der Waals surface area contributed by atoms with Gasteiger partial charge in [0.05, 0.1) is 10.6 Å². The van der Waals surface area contributed by atoms with Gasteiger partial charge in [0.25, 0.3) is 0 Å². The highest BCUT2D eigenvalue weighted by Gasteiger charge is 2.14. The lowest BCUT2D eigenvalue weighted by Crippen LogP contribution is -1.80. The van der Waals surface area contributed by atoms with Crippen molar-refractivity contribution in [2.75, 3.05) is 0 Å². The van der Waals surface area contributed by atoms with Crippen molar-refractivity contribution >= 4 is 27.1 Å². The van der Waals surface area contributed by atoms with Gasteiger partial charge in [-0.25, -0.2) is 4.98 Å². The Balaban J connectivity index is 2.01. The average molecular weight is 280 g/mol. The SMILES string of the molecule is Cc1c(-c2cn3cccc(O)c3n2)sc2ccccc12. The lowest BCUT2D eigenvalue weighted by Gasteiger charge is -1.93. The molecule has 3 heterocycles. The second-order valence-corrected chi connectivity index (χ2v) is 5.85. The topological polar surface area (TPSA) is 37.5 Å². The molecule has 98 valence electrons. The second kappa shape index (κ2) is 4.08. The number of aryl methyl sites for hydroxylation is 1. The minimum absolute atomic E-state index is 0.206.